The molecule has 0 radical (unpaired) electrons. The number of rotatable bonds is 7. The van der Waals surface area contributed by atoms with Crippen molar-refractivity contribution in [1.82, 2.24) is 0 Å². The predicted octanol–water partition coefficient (Wildman–Crippen LogP) is 2.65. The molecule has 0 unspecified atom stereocenters. The molecule has 0 aromatic heterocycles. The number of hydrogen-bond donors (Lipinski definition) is 1. The monoisotopic (exact) mass is 375 g/mol. The van der Waals surface area contributed by atoms with Crippen LogP contribution < -0.4 is 5.32 Å². The first-order chi connectivity index (χ1) is 12.3. The summed E-state index contributed by atoms with van der Waals surface area (Å²) in [5.74, 6) is -1.58. The van der Waals surface area contributed by atoms with E-state index in [0.29, 0.717) is 5.69 Å². The van der Waals surface area contributed by atoms with Gasteiger partial charge in [-0.25, -0.2) is 8.42 Å². The number of para-hydroxylation sites is 1. The zero-order valence-electron chi connectivity index (χ0n) is 14.7. The highest BCUT2D eigenvalue weighted by Crippen LogP contribution is 2.14. The predicted molar refractivity (Wildman–Crippen MR) is 98.6 cm³/mol. The second-order valence-corrected chi connectivity index (χ2v) is 8.01. The fraction of sp³-hybridized carbons (Fsp3) is 0.263. The third-order valence-corrected chi connectivity index (χ3v) is 5.47. The van der Waals surface area contributed by atoms with Crippen LogP contribution in [0.5, 0.6) is 0 Å². The lowest BCUT2D eigenvalue weighted by molar-refractivity contribution is -0.146. The molecular formula is C19H21NO5S. The third-order valence-electron chi connectivity index (χ3n) is 3.74. The van der Waals surface area contributed by atoms with Crippen LogP contribution in [0.15, 0.2) is 53.4 Å². The number of nitrogens with one attached hydrogen (secondary N) is 1. The summed E-state index contributed by atoms with van der Waals surface area (Å²) in [5, 5.41) is 2.63. The van der Waals surface area contributed by atoms with Crippen LogP contribution in [0.2, 0.25) is 0 Å². The smallest absolute Gasteiger partial charge is 0.307 e. The summed E-state index contributed by atoms with van der Waals surface area (Å²) >= 11 is 0. The molecule has 6 nitrogen and oxygen atoms in total. The van der Waals surface area contributed by atoms with Crippen molar-refractivity contribution in [1.29, 1.82) is 0 Å². The van der Waals surface area contributed by atoms with E-state index in [1.807, 2.05) is 26.0 Å². The summed E-state index contributed by atoms with van der Waals surface area (Å²) in [6.07, 6.45) is -0.312. The number of amides is 1. The number of hydrogen-bond acceptors (Lipinski definition) is 5. The van der Waals surface area contributed by atoms with Gasteiger partial charge in [-0.3, -0.25) is 9.59 Å². The molecule has 2 aromatic rings. The highest BCUT2D eigenvalue weighted by Gasteiger charge is 2.17. The number of carbonyl (C=O) groups excluding carboxylic acids is 2. The van der Waals surface area contributed by atoms with Crippen molar-refractivity contribution >= 4 is 27.4 Å². The first-order valence-electron chi connectivity index (χ1n) is 8.08. The normalized spacial score (nSPS) is 11.0. The van der Waals surface area contributed by atoms with Crippen LogP contribution in [0.1, 0.15) is 17.5 Å². The van der Waals surface area contributed by atoms with Crippen molar-refractivity contribution in [3.63, 3.8) is 0 Å². The van der Waals surface area contributed by atoms with Crippen molar-refractivity contribution < 1.29 is 22.7 Å². The average molecular weight is 375 g/mol. The number of aryl methyl sites for hydroxylation is 2. The minimum atomic E-state index is -3.57. The Morgan fingerprint density at radius 1 is 1.00 bits per heavy atom. The topological polar surface area (TPSA) is 89.5 Å². The Hall–Kier alpha value is -2.67. The standard InChI is InChI=1S/C19H21NO5S/c1-14-7-9-16(10-8-14)26(23,24)12-11-19(22)25-13-18(21)20-17-6-4-3-5-15(17)2/h3-10H,11-13H2,1-2H3,(H,20,21). The van der Waals surface area contributed by atoms with E-state index in [-0.39, 0.29) is 17.1 Å². The van der Waals surface area contributed by atoms with Crippen LogP contribution in [-0.2, 0) is 24.2 Å². The average Bonchev–Trinajstić information content (AvgIpc) is 2.60. The molecule has 1 N–H and O–H groups in total. The zero-order chi connectivity index (χ0) is 19.2. The molecule has 0 fully saturated rings. The van der Waals surface area contributed by atoms with E-state index in [1.165, 1.54) is 12.1 Å². The molecule has 0 aliphatic heterocycles. The lowest BCUT2D eigenvalue weighted by Gasteiger charge is -2.09. The Kier molecular flexibility index (Phi) is 6.52. The van der Waals surface area contributed by atoms with Crippen molar-refractivity contribution in [2.24, 2.45) is 0 Å². The Bertz CT molecular complexity index is 888. The van der Waals surface area contributed by atoms with Gasteiger partial charge in [0, 0.05) is 5.69 Å². The summed E-state index contributed by atoms with van der Waals surface area (Å²) in [6.45, 7) is 3.24. The van der Waals surface area contributed by atoms with Crippen LogP contribution in [0.4, 0.5) is 5.69 Å². The fourth-order valence-electron chi connectivity index (χ4n) is 2.20. The molecule has 2 rings (SSSR count). The summed E-state index contributed by atoms with van der Waals surface area (Å²) in [4.78, 5) is 23.7. The minimum absolute atomic E-state index is 0.160. The molecule has 0 heterocycles. The Morgan fingerprint density at radius 3 is 2.31 bits per heavy atom. The van der Waals surface area contributed by atoms with Crippen molar-refractivity contribution in [3.05, 3.63) is 59.7 Å². The minimum Gasteiger partial charge on any atom is -0.456 e. The van der Waals surface area contributed by atoms with E-state index < -0.39 is 28.3 Å². The number of sulfone groups is 1. The molecule has 138 valence electrons. The second-order valence-electron chi connectivity index (χ2n) is 5.91. The van der Waals surface area contributed by atoms with Crippen LogP contribution in [0.3, 0.4) is 0 Å². The van der Waals surface area contributed by atoms with Gasteiger partial charge < -0.3 is 10.1 Å². The molecule has 0 bridgehead atoms. The second kappa shape index (κ2) is 8.62. The maximum Gasteiger partial charge on any atom is 0.307 e. The summed E-state index contributed by atoms with van der Waals surface area (Å²) in [6, 6.07) is 13.6. The number of benzene rings is 2. The number of ether oxygens (including phenoxy) is 1. The summed E-state index contributed by atoms with van der Waals surface area (Å²) in [5.41, 5.74) is 2.47. The highest BCUT2D eigenvalue weighted by molar-refractivity contribution is 7.91. The first-order valence-corrected chi connectivity index (χ1v) is 9.74. The molecule has 0 atom stereocenters. The van der Waals surface area contributed by atoms with Crippen LogP contribution >= 0.6 is 0 Å². The van der Waals surface area contributed by atoms with Gasteiger partial charge in [-0.1, -0.05) is 35.9 Å². The Balaban J connectivity index is 1.80. The van der Waals surface area contributed by atoms with Crippen molar-refractivity contribution in [3.8, 4) is 0 Å². The van der Waals surface area contributed by atoms with Gasteiger partial charge in [-0.2, -0.15) is 0 Å². The van der Waals surface area contributed by atoms with Gasteiger partial charge in [0.1, 0.15) is 0 Å². The van der Waals surface area contributed by atoms with E-state index >= 15 is 0 Å². The largest absolute Gasteiger partial charge is 0.456 e. The number of carbonyl (C=O) groups is 2. The molecule has 2 aromatic carbocycles. The number of esters is 1. The van der Waals surface area contributed by atoms with Gasteiger partial charge in [0.2, 0.25) is 0 Å². The molecule has 0 saturated heterocycles. The third kappa shape index (κ3) is 5.70. The molecule has 0 saturated carbocycles. The molecule has 0 spiro atoms. The highest BCUT2D eigenvalue weighted by atomic mass is 32.2. The Morgan fingerprint density at radius 2 is 1.65 bits per heavy atom. The van der Waals surface area contributed by atoms with E-state index in [0.717, 1.165) is 11.1 Å². The van der Waals surface area contributed by atoms with E-state index in [2.05, 4.69) is 5.32 Å². The number of anilines is 1. The van der Waals surface area contributed by atoms with E-state index in [9.17, 15) is 18.0 Å². The molecule has 0 aliphatic rings. The van der Waals surface area contributed by atoms with E-state index in [1.54, 1.807) is 24.3 Å². The quantitative estimate of drug-likeness (QED) is 0.752. The Labute approximate surface area is 153 Å². The SMILES string of the molecule is Cc1ccc(S(=O)(=O)CCC(=O)OCC(=O)Nc2ccccc2C)cc1. The molecule has 26 heavy (non-hydrogen) atoms. The van der Waals surface area contributed by atoms with Gasteiger partial charge >= 0.3 is 5.97 Å². The van der Waals surface area contributed by atoms with Crippen LogP contribution in [-0.4, -0.2) is 32.7 Å². The van der Waals surface area contributed by atoms with Gasteiger partial charge in [-0.05, 0) is 37.6 Å². The molecule has 0 aliphatic carbocycles. The van der Waals surface area contributed by atoms with E-state index in [4.69, 9.17) is 4.74 Å². The molecule has 1 amide bonds. The fourth-order valence-corrected chi connectivity index (χ4v) is 3.42. The summed E-state index contributed by atoms with van der Waals surface area (Å²) in [7, 11) is -3.57. The zero-order valence-corrected chi connectivity index (χ0v) is 15.5. The lowest BCUT2D eigenvalue weighted by Crippen LogP contribution is -2.22. The maximum absolute atomic E-state index is 12.2. The molecular weight excluding hydrogens is 354 g/mol. The molecule has 7 heteroatoms. The lowest BCUT2D eigenvalue weighted by atomic mass is 10.2. The van der Waals surface area contributed by atoms with Gasteiger partial charge in [-0.15, -0.1) is 0 Å². The van der Waals surface area contributed by atoms with Crippen molar-refractivity contribution in [2.45, 2.75) is 25.2 Å². The first kappa shape index (κ1) is 19.7. The summed E-state index contributed by atoms with van der Waals surface area (Å²) < 4.78 is 29.2. The van der Waals surface area contributed by atoms with Crippen LogP contribution in [0, 0.1) is 13.8 Å². The van der Waals surface area contributed by atoms with Crippen molar-refractivity contribution in [2.75, 3.05) is 17.7 Å². The van der Waals surface area contributed by atoms with Gasteiger partial charge in [0.25, 0.3) is 5.91 Å². The van der Waals surface area contributed by atoms with Gasteiger partial charge in [0.15, 0.2) is 16.4 Å². The van der Waals surface area contributed by atoms with Gasteiger partial charge in [0.05, 0.1) is 17.1 Å². The maximum atomic E-state index is 12.2. The van der Waals surface area contributed by atoms with Crippen LogP contribution in [0.25, 0.3) is 0 Å².